The first-order valence-electron chi connectivity index (χ1n) is 6.17. The van der Waals surface area contributed by atoms with E-state index in [1.165, 1.54) is 0 Å². The van der Waals surface area contributed by atoms with Crippen molar-refractivity contribution in [3.63, 3.8) is 0 Å². The molecule has 0 spiro atoms. The standard InChI is InChI=1S/C14H15N5/c1-9(2)13-7-17-14(8-16-13)10(3)12-5-4-11(6-15)18-19-12/h4-5,7-10H,1-3H3/t10-/m1/s1. The Hall–Kier alpha value is -2.35. The third-order valence-electron chi connectivity index (χ3n) is 2.97. The third-order valence-corrected chi connectivity index (χ3v) is 2.97. The van der Waals surface area contributed by atoms with Crippen LogP contribution >= 0.6 is 0 Å². The number of rotatable bonds is 3. The van der Waals surface area contributed by atoms with Crippen LogP contribution in [0.1, 0.15) is 55.4 Å². The summed E-state index contributed by atoms with van der Waals surface area (Å²) < 4.78 is 0. The average Bonchev–Trinajstić information content (AvgIpc) is 2.46. The Morgan fingerprint density at radius 2 is 1.63 bits per heavy atom. The topological polar surface area (TPSA) is 75.3 Å². The van der Waals surface area contributed by atoms with Gasteiger partial charge in [-0.3, -0.25) is 9.97 Å². The first-order chi connectivity index (χ1) is 9.11. The molecule has 2 rings (SSSR count). The van der Waals surface area contributed by atoms with E-state index in [9.17, 15) is 0 Å². The predicted molar refractivity (Wildman–Crippen MR) is 70.4 cm³/mol. The van der Waals surface area contributed by atoms with Crippen LogP contribution in [0.15, 0.2) is 24.5 Å². The highest BCUT2D eigenvalue weighted by Crippen LogP contribution is 2.20. The van der Waals surface area contributed by atoms with E-state index in [1.54, 1.807) is 24.5 Å². The fourth-order valence-corrected chi connectivity index (χ4v) is 1.65. The normalized spacial score (nSPS) is 12.2. The van der Waals surface area contributed by atoms with Gasteiger partial charge in [0.15, 0.2) is 5.69 Å². The van der Waals surface area contributed by atoms with Crippen LogP contribution in [0.2, 0.25) is 0 Å². The molecule has 1 atom stereocenters. The molecule has 0 N–H and O–H groups in total. The molecule has 5 heteroatoms. The summed E-state index contributed by atoms with van der Waals surface area (Å²) in [5.74, 6) is 0.375. The molecule has 0 radical (unpaired) electrons. The van der Waals surface area contributed by atoms with Crippen LogP contribution in [0.3, 0.4) is 0 Å². The first-order valence-corrected chi connectivity index (χ1v) is 6.17. The Balaban J connectivity index is 2.23. The van der Waals surface area contributed by atoms with E-state index in [2.05, 4.69) is 34.0 Å². The molecule has 2 aromatic heterocycles. The van der Waals surface area contributed by atoms with Crippen molar-refractivity contribution in [1.29, 1.82) is 5.26 Å². The van der Waals surface area contributed by atoms with Crippen molar-refractivity contribution in [2.45, 2.75) is 32.6 Å². The molecule has 2 aromatic rings. The van der Waals surface area contributed by atoms with Crippen LogP contribution in [0.25, 0.3) is 0 Å². The smallest absolute Gasteiger partial charge is 0.163 e. The molecule has 0 saturated heterocycles. The highest BCUT2D eigenvalue weighted by Gasteiger charge is 2.13. The maximum absolute atomic E-state index is 8.69. The molecule has 0 fully saturated rings. The zero-order valence-corrected chi connectivity index (χ0v) is 11.2. The van der Waals surface area contributed by atoms with E-state index >= 15 is 0 Å². The van der Waals surface area contributed by atoms with E-state index in [-0.39, 0.29) is 5.92 Å². The summed E-state index contributed by atoms with van der Waals surface area (Å²) >= 11 is 0. The second-order valence-electron chi connectivity index (χ2n) is 4.70. The van der Waals surface area contributed by atoms with Gasteiger partial charge in [-0.1, -0.05) is 20.8 Å². The second kappa shape index (κ2) is 5.53. The lowest BCUT2D eigenvalue weighted by Crippen LogP contribution is -2.05. The average molecular weight is 253 g/mol. The van der Waals surface area contributed by atoms with Crippen molar-refractivity contribution >= 4 is 0 Å². The van der Waals surface area contributed by atoms with Crippen molar-refractivity contribution in [3.8, 4) is 6.07 Å². The summed E-state index contributed by atoms with van der Waals surface area (Å²) in [4.78, 5) is 8.82. The number of hydrogen-bond donors (Lipinski definition) is 0. The van der Waals surface area contributed by atoms with E-state index in [0.717, 1.165) is 17.1 Å². The van der Waals surface area contributed by atoms with Gasteiger partial charge in [-0.2, -0.15) is 10.4 Å². The largest absolute Gasteiger partial charge is 0.257 e. The lowest BCUT2D eigenvalue weighted by atomic mass is 10.0. The minimum Gasteiger partial charge on any atom is -0.257 e. The van der Waals surface area contributed by atoms with Gasteiger partial charge in [0.2, 0.25) is 0 Å². The summed E-state index contributed by atoms with van der Waals surface area (Å²) in [5.41, 5.74) is 2.92. The molecular weight excluding hydrogens is 238 g/mol. The van der Waals surface area contributed by atoms with Crippen molar-refractivity contribution in [1.82, 2.24) is 20.2 Å². The van der Waals surface area contributed by atoms with Gasteiger partial charge in [-0.15, -0.1) is 5.10 Å². The van der Waals surface area contributed by atoms with Crippen LogP contribution in [-0.2, 0) is 0 Å². The maximum Gasteiger partial charge on any atom is 0.163 e. The molecule has 0 amide bonds. The molecule has 0 aliphatic heterocycles. The molecule has 2 heterocycles. The molecule has 0 aliphatic carbocycles. The highest BCUT2D eigenvalue weighted by molar-refractivity contribution is 5.24. The first kappa shape index (κ1) is 13.1. The molecular formula is C14H15N5. The van der Waals surface area contributed by atoms with E-state index in [1.807, 2.05) is 13.0 Å². The van der Waals surface area contributed by atoms with Crippen molar-refractivity contribution in [2.75, 3.05) is 0 Å². The van der Waals surface area contributed by atoms with E-state index < -0.39 is 0 Å². The highest BCUT2D eigenvalue weighted by atomic mass is 15.1. The maximum atomic E-state index is 8.69. The minimum absolute atomic E-state index is 0.00829. The van der Waals surface area contributed by atoms with Gasteiger partial charge in [-0.05, 0) is 18.1 Å². The quantitative estimate of drug-likeness (QED) is 0.839. The molecule has 96 valence electrons. The third kappa shape index (κ3) is 2.91. The van der Waals surface area contributed by atoms with Gasteiger partial charge < -0.3 is 0 Å². The lowest BCUT2D eigenvalue weighted by molar-refractivity contribution is 0.759. The minimum atomic E-state index is 0.00829. The molecule has 0 saturated carbocycles. The zero-order chi connectivity index (χ0) is 13.8. The Morgan fingerprint density at radius 1 is 0.947 bits per heavy atom. The molecule has 0 unspecified atom stereocenters. The second-order valence-corrected chi connectivity index (χ2v) is 4.70. The van der Waals surface area contributed by atoms with Crippen LogP contribution in [0.5, 0.6) is 0 Å². The monoisotopic (exact) mass is 253 g/mol. The van der Waals surface area contributed by atoms with Gasteiger partial charge in [-0.25, -0.2) is 0 Å². The Morgan fingerprint density at radius 3 is 2.11 bits per heavy atom. The summed E-state index contributed by atoms with van der Waals surface area (Å²) in [6.07, 6.45) is 3.58. The predicted octanol–water partition coefficient (Wildman–Crippen LogP) is 2.41. The molecule has 19 heavy (non-hydrogen) atoms. The van der Waals surface area contributed by atoms with Gasteiger partial charge in [0, 0.05) is 18.3 Å². The summed E-state index contributed by atoms with van der Waals surface area (Å²) in [6, 6.07) is 5.41. The van der Waals surface area contributed by atoms with Gasteiger partial charge in [0.1, 0.15) is 6.07 Å². The van der Waals surface area contributed by atoms with Gasteiger partial charge in [0.05, 0.1) is 17.1 Å². The van der Waals surface area contributed by atoms with Gasteiger partial charge >= 0.3 is 0 Å². The summed E-state index contributed by atoms with van der Waals surface area (Å²) in [5, 5.41) is 16.6. The Bertz CT molecular complexity index is 581. The number of nitriles is 1. The molecule has 0 aromatic carbocycles. The molecule has 5 nitrogen and oxygen atoms in total. The van der Waals surface area contributed by atoms with Crippen LogP contribution in [0, 0.1) is 11.3 Å². The van der Waals surface area contributed by atoms with Crippen LogP contribution in [0.4, 0.5) is 0 Å². The lowest BCUT2D eigenvalue weighted by Gasteiger charge is -2.10. The SMILES string of the molecule is CC(C)c1cnc([C@H](C)c2ccc(C#N)nn2)cn1. The van der Waals surface area contributed by atoms with E-state index in [4.69, 9.17) is 5.26 Å². The van der Waals surface area contributed by atoms with E-state index in [0.29, 0.717) is 11.6 Å². The number of aromatic nitrogens is 4. The Kier molecular flexibility index (Phi) is 3.81. The fourth-order valence-electron chi connectivity index (χ4n) is 1.65. The molecule has 0 aliphatic rings. The summed E-state index contributed by atoms with van der Waals surface area (Å²) in [7, 11) is 0. The molecule has 0 bridgehead atoms. The van der Waals surface area contributed by atoms with Crippen molar-refractivity contribution in [2.24, 2.45) is 0 Å². The number of hydrogen-bond acceptors (Lipinski definition) is 5. The number of nitrogens with zero attached hydrogens (tertiary/aromatic N) is 5. The van der Waals surface area contributed by atoms with Crippen LogP contribution < -0.4 is 0 Å². The van der Waals surface area contributed by atoms with Gasteiger partial charge in [0.25, 0.3) is 0 Å². The summed E-state index contributed by atoms with van der Waals surface area (Å²) in [6.45, 7) is 6.16. The Labute approximate surface area is 112 Å². The fraction of sp³-hybridized carbons (Fsp3) is 0.357. The zero-order valence-electron chi connectivity index (χ0n) is 11.2. The van der Waals surface area contributed by atoms with Crippen molar-refractivity contribution < 1.29 is 0 Å². The van der Waals surface area contributed by atoms with Crippen LogP contribution in [-0.4, -0.2) is 20.2 Å². The van der Waals surface area contributed by atoms with Crippen molar-refractivity contribution in [3.05, 3.63) is 47.3 Å².